The highest BCUT2D eigenvalue weighted by Gasteiger charge is 2.33. The zero-order valence-corrected chi connectivity index (χ0v) is 25.4. The predicted molar refractivity (Wildman–Crippen MR) is 162 cm³/mol. The van der Waals surface area contributed by atoms with E-state index in [4.69, 9.17) is 23.2 Å². The summed E-state index contributed by atoms with van der Waals surface area (Å²) >= 11 is 12.4. The lowest BCUT2D eigenvalue weighted by atomic mass is 10.0. The van der Waals surface area contributed by atoms with Crippen LogP contribution in [0.3, 0.4) is 0 Å². The minimum Gasteiger partial charge on any atom is -0.352 e. The number of hydrogen-bond donors (Lipinski definition) is 1. The molecule has 3 aromatic carbocycles. The Kier molecular flexibility index (Phi) is 11.0. The third-order valence-corrected chi connectivity index (χ3v) is 8.23. The number of carbonyl (C=O) groups excluding carboxylic acids is 2. The van der Waals surface area contributed by atoms with Gasteiger partial charge < -0.3 is 10.2 Å². The van der Waals surface area contributed by atoms with Gasteiger partial charge in [-0.05, 0) is 61.2 Å². The Morgan fingerprint density at radius 1 is 0.925 bits per heavy atom. The third-order valence-electron chi connectivity index (χ3n) is 6.63. The number of sulfonamides is 1. The second kappa shape index (κ2) is 14.0. The number of nitrogens with zero attached hydrogens (tertiary/aromatic N) is 2. The van der Waals surface area contributed by atoms with Crippen LogP contribution < -0.4 is 9.62 Å². The van der Waals surface area contributed by atoms with Crippen molar-refractivity contribution in [1.82, 2.24) is 10.2 Å². The molecule has 0 aliphatic heterocycles. The van der Waals surface area contributed by atoms with Crippen molar-refractivity contribution in [1.29, 1.82) is 0 Å². The Morgan fingerprint density at radius 2 is 1.57 bits per heavy atom. The van der Waals surface area contributed by atoms with Gasteiger partial charge in [-0.3, -0.25) is 13.9 Å². The molecular formula is C30H35Cl2N3O4S. The summed E-state index contributed by atoms with van der Waals surface area (Å²) in [7, 11) is -3.89. The zero-order valence-electron chi connectivity index (χ0n) is 23.1. The van der Waals surface area contributed by atoms with E-state index in [1.807, 2.05) is 50.2 Å². The summed E-state index contributed by atoms with van der Waals surface area (Å²) < 4.78 is 26.9. The second-order valence-electron chi connectivity index (χ2n) is 9.88. The summed E-state index contributed by atoms with van der Waals surface area (Å²) in [6, 6.07) is 20.3. The summed E-state index contributed by atoms with van der Waals surface area (Å²) in [5, 5.41) is 3.83. The van der Waals surface area contributed by atoms with Gasteiger partial charge in [-0.15, -0.1) is 0 Å². The lowest BCUT2D eigenvalue weighted by molar-refractivity contribution is -0.140. The molecule has 0 spiro atoms. The maximum Gasteiger partial charge on any atom is 0.244 e. The number of nitrogens with one attached hydrogen (secondary N) is 1. The molecule has 10 heteroatoms. The van der Waals surface area contributed by atoms with Crippen molar-refractivity contribution in [2.75, 3.05) is 17.1 Å². The molecular weight excluding hydrogens is 569 g/mol. The molecule has 1 N–H and O–H groups in total. The molecule has 3 aromatic rings. The van der Waals surface area contributed by atoms with E-state index < -0.39 is 28.5 Å². The van der Waals surface area contributed by atoms with Crippen LogP contribution in [-0.2, 0) is 32.6 Å². The average Bonchev–Trinajstić information content (AvgIpc) is 2.90. The number of halogens is 2. The normalized spacial score (nSPS) is 12.8. The SMILES string of the molecule is CC[C@@H](C)NC(=O)[C@H](Cc1ccccc1)N(Cc1cccc(Cl)c1)C(=O)CN(c1cc(Cl)ccc1C)S(C)(=O)=O. The number of hydrogen-bond acceptors (Lipinski definition) is 4. The number of rotatable bonds is 12. The van der Waals surface area contributed by atoms with Crippen LogP contribution in [0.4, 0.5) is 5.69 Å². The van der Waals surface area contributed by atoms with Crippen LogP contribution in [0, 0.1) is 6.92 Å². The topological polar surface area (TPSA) is 86.8 Å². The van der Waals surface area contributed by atoms with Gasteiger partial charge in [0.25, 0.3) is 0 Å². The number of benzene rings is 3. The molecule has 7 nitrogen and oxygen atoms in total. The van der Waals surface area contributed by atoms with Crippen LogP contribution >= 0.6 is 23.2 Å². The number of amides is 2. The van der Waals surface area contributed by atoms with E-state index in [1.54, 1.807) is 37.3 Å². The van der Waals surface area contributed by atoms with E-state index in [9.17, 15) is 18.0 Å². The Balaban J connectivity index is 2.09. The summed E-state index contributed by atoms with van der Waals surface area (Å²) in [6.07, 6.45) is 1.99. The summed E-state index contributed by atoms with van der Waals surface area (Å²) in [5.41, 5.74) is 2.51. The molecule has 40 heavy (non-hydrogen) atoms. The van der Waals surface area contributed by atoms with Gasteiger partial charge in [-0.2, -0.15) is 0 Å². The monoisotopic (exact) mass is 603 g/mol. The minimum atomic E-state index is -3.89. The molecule has 0 aromatic heterocycles. The molecule has 0 fully saturated rings. The lowest BCUT2D eigenvalue weighted by Gasteiger charge is -2.34. The maximum absolute atomic E-state index is 14.1. The largest absolute Gasteiger partial charge is 0.352 e. The minimum absolute atomic E-state index is 0.0525. The van der Waals surface area contributed by atoms with Gasteiger partial charge in [-0.1, -0.05) is 78.7 Å². The molecule has 2 amide bonds. The van der Waals surface area contributed by atoms with E-state index in [0.717, 1.165) is 16.1 Å². The van der Waals surface area contributed by atoms with Crippen LogP contribution in [0.25, 0.3) is 0 Å². The van der Waals surface area contributed by atoms with Crippen molar-refractivity contribution in [2.45, 2.75) is 52.2 Å². The van der Waals surface area contributed by atoms with E-state index >= 15 is 0 Å². The average molecular weight is 605 g/mol. The van der Waals surface area contributed by atoms with E-state index in [-0.39, 0.29) is 24.9 Å². The number of aryl methyl sites for hydroxylation is 1. The molecule has 0 aliphatic rings. The Morgan fingerprint density at radius 3 is 2.20 bits per heavy atom. The fourth-order valence-corrected chi connectivity index (χ4v) is 5.55. The van der Waals surface area contributed by atoms with Crippen LogP contribution in [0.5, 0.6) is 0 Å². The zero-order chi connectivity index (χ0) is 29.4. The van der Waals surface area contributed by atoms with E-state index in [0.29, 0.717) is 33.3 Å². The maximum atomic E-state index is 14.1. The van der Waals surface area contributed by atoms with Gasteiger partial charge in [-0.25, -0.2) is 8.42 Å². The highest BCUT2D eigenvalue weighted by Crippen LogP contribution is 2.27. The standard InChI is InChI=1S/C30H35Cl2N3O4S/c1-5-22(3)33-30(37)28(17-23-10-7-6-8-11-23)34(19-24-12-9-13-25(31)16-24)29(36)20-35(40(4,38)39)27-18-26(32)15-14-21(27)2/h6-16,18,22,28H,5,17,19-20H2,1-4H3,(H,33,37)/t22-,28+/m1/s1. The highest BCUT2D eigenvalue weighted by molar-refractivity contribution is 7.92. The molecule has 0 radical (unpaired) electrons. The second-order valence-corrected chi connectivity index (χ2v) is 12.7. The molecule has 0 bridgehead atoms. The Hall–Kier alpha value is -3.07. The first-order chi connectivity index (χ1) is 18.9. The molecule has 0 saturated heterocycles. The lowest BCUT2D eigenvalue weighted by Crippen LogP contribution is -2.54. The molecule has 214 valence electrons. The fourth-order valence-electron chi connectivity index (χ4n) is 4.27. The smallest absolute Gasteiger partial charge is 0.244 e. The van der Waals surface area contributed by atoms with Crippen molar-refractivity contribution in [3.05, 3.63) is 99.5 Å². The quantitative estimate of drug-likeness (QED) is 0.291. The molecule has 0 aliphatic carbocycles. The Labute approximate surface area is 247 Å². The first-order valence-corrected chi connectivity index (χ1v) is 15.6. The molecule has 0 saturated carbocycles. The van der Waals surface area contributed by atoms with Crippen molar-refractivity contribution in [3.8, 4) is 0 Å². The van der Waals surface area contributed by atoms with E-state index in [2.05, 4.69) is 5.32 Å². The van der Waals surface area contributed by atoms with Crippen LogP contribution in [0.1, 0.15) is 37.0 Å². The highest BCUT2D eigenvalue weighted by atomic mass is 35.5. The molecule has 0 unspecified atom stereocenters. The third kappa shape index (κ3) is 8.71. The fraction of sp³-hybridized carbons (Fsp3) is 0.333. The van der Waals surface area contributed by atoms with Crippen LogP contribution in [0.15, 0.2) is 72.8 Å². The van der Waals surface area contributed by atoms with Crippen LogP contribution in [0.2, 0.25) is 10.0 Å². The first-order valence-electron chi connectivity index (χ1n) is 13.0. The van der Waals surface area contributed by atoms with Gasteiger partial charge in [0.2, 0.25) is 21.8 Å². The van der Waals surface area contributed by atoms with Gasteiger partial charge >= 0.3 is 0 Å². The van der Waals surface area contributed by atoms with Crippen molar-refractivity contribution >= 4 is 50.7 Å². The summed E-state index contributed by atoms with van der Waals surface area (Å²) in [4.78, 5) is 29.3. The first kappa shape index (κ1) is 31.5. The van der Waals surface area contributed by atoms with Crippen molar-refractivity contribution in [3.63, 3.8) is 0 Å². The number of carbonyl (C=O) groups is 2. The molecule has 0 heterocycles. The van der Waals surface area contributed by atoms with Gasteiger partial charge in [0.05, 0.1) is 11.9 Å². The van der Waals surface area contributed by atoms with Gasteiger partial charge in [0, 0.05) is 29.1 Å². The summed E-state index contributed by atoms with van der Waals surface area (Å²) in [6.45, 7) is 5.15. The molecule has 2 atom stereocenters. The predicted octanol–water partition coefficient (Wildman–Crippen LogP) is 5.62. The molecule has 3 rings (SSSR count). The Bertz CT molecular complexity index is 1430. The van der Waals surface area contributed by atoms with Gasteiger partial charge in [0.15, 0.2) is 0 Å². The van der Waals surface area contributed by atoms with Crippen LogP contribution in [-0.4, -0.2) is 50.0 Å². The number of anilines is 1. The van der Waals surface area contributed by atoms with E-state index in [1.165, 1.54) is 11.0 Å². The van der Waals surface area contributed by atoms with Crippen molar-refractivity contribution < 1.29 is 18.0 Å². The van der Waals surface area contributed by atoms with Crippen molar-refractivity contribution in [2.24, 2.45) is 0 Å². The summed E-state index contributed by atoms with van der Waals surface area (Å²) in [5.74, 6) is -0.858. The van der Waals surface area contributed by atoms with Gasteiger partial charge in [0.1, 0.15) is 12.6 Å².